The van der Waals surface area contributed by atoms with Gasteiger partial charge in [-0.3, -0.25) is 4.79 Å². The fourth-order valence-electron chi connectivity index (χ4n) is 2.36. The number of aromatic nitrogens is 3. The molecule has 2 aromatic heterocycles. The summed E-state index contributed by atoms with van der Waals surface area (Å²) >= 11 is 1.53. The number of nitrogens with zero attached hydrogens (tertiary/aromatic N) is 3. The third kappa shape index (κ3) is 4.08. The predicted octanol–water partition coefficient (Wildman–Crippen LogP) is 3.84. The zero-order valence-corrected chi connectivity index (χ0v) is 14.6. The van der Waals surface area contributed by atoms with Gasteiger partial charge in [0.15, 0.2) is 0 Å². The van der Waals surface area contributed by atoms with Crippen molar-refractivity contribution in [2.75, 3.05) is 5.32 Å². The molecule has 24 heavy (non-hydrogen) atoms. The van der Waals surface area contributed by atoms with E-state index in [2.05, 4.69) is 29.2 Å². The minimum atomic E-state index is -0.198. The highest BCUT2D eigenvalue weighted by Crippen LogP contribution is 2.16. The van der Waals surface area contributed by atoms with Gasteiger partial charge in [0.25, 0.3) is 5.91 Å². The van der Waals surface area contributed by atoms with Crippen LogP contribution < -0.4 is 5.32 Å². The van der Waals surface area contributed by atoms with E-state index in [0.29, 0.717) is 24.0 Å². The van der Waals surface area contributed by atoms with Crippen LogP contribution in [-0.2, 0) is 13.0 Å². The summed E-state index contributed by atoms with van der Waals surface area (Å²) in [7, 11) is 0. The molecule has 6 heteroatoms. The fraction of sp³-hybridized carbons (Fsp3) is 0.278. The molecular formula is C18H20N4OS. The van der Waals surface area contributed by atoms with Crippen LogP contribution in [-0.4, -0.2) is 20.7 Å². The molecule has 2 heterocycles. The number of hydrogen-bond donors (Lipinski definition) is 1. The normalized spacial score (nSPS) is 11.0. The van der Waals surface area contributed by atoms with E-state index in [9.17, 15) is 4.79 Å². The summed E-state index contributed by atoms with van der Waals surface area (Å²) in [5.74, 6) is 0.998. The molecule has 0 spiro atoms. The lowest BCUT2D eigenvalue weighted by atomic mass is 10.1. The number of thiazole rings is 1. The molecule has 1 N–H and O–H groups in total. The summed E-state index contributed by atoms with van der Waals surface area (Å²) in [5.41, 5.74) is 1.59. The summed E-state index contributed by atoms with van der Waals surface area (Å²) in [4.78, 5) is 16.8. The maximum atomic E-state index is 12.4. The second kappa shape index (κ2) is 7.40. The topological polar surface area (TPSA) is 59.8 Å². The minimum absolute atomic E-state index is 0.198. The minimum Gasteiger partial charge on any atom is -0.305 e. The van der Waals surface area contributed by atoms with E-state index in [0.717, 1.165) is 17.0 Å². The van der Waals surface area contributed by atoms with E-state index >= 15 is 0 Å². The molecule has 0 saturated heterocycles. The molecule has 0 fully saturated rings. The smallest absolute Gasteiger partial charge is 0.276 e. The number of hydrogen-bond acceptors (Lipinski definition) is 4. The fourth-order valence-corrected chi connectivity index (χ4v) is 3.35. The SMILES string of the molecule is CC(C)Cc1nc(C(=O)Nc2ccnn2Cc2ccccc2)cs1. The summed E-state index contributed by atoms with van der Waals surface area (Å²) in [6.07, 6.45) is 2.58. The van der Waals surface area contributed by atoms with Crippen molar-refractivity contribution in [3.63, 3.8) is 0 Å². The average Bonchev–Trinajstić information content (AvgIpc) is 3.18. The molecule has 0 radical (unpaired) electrons. The number of benzene rings is 1. The summed E-state index contributed by atoms with van der Waals surface area (Å²) < 4.78 is 1.77. The molecule has 0 unspecified atom stereocenters. The second-order valence-corrected chi connectivity index (χ2v) is 6.98. The standard InChI is InChI=1S/C18H20N4OS/c1-13(2)10-17-20-15(12-24-17)18(23)21-16-8-9-19-22(16)11-14-6-4-3-5-7-14/h3-9,12-13H,10-11H2,1-2H3,(H,21,23). The Bertz CT molecular complexity index is 807. The van der Waals surface area contributed by atoms with Crippen LogP contribution in [0.25, 0.3) is 0 Å². The summed E-state index contributed by atoms with van der Waals surface area (Å²) in [6.45, 7) is 4.89. The lowest BCUT2D eigenvalue weighted by molar-refractivity contribution is 0.102. The Kier molecular flexibility index (Phi) is 5.05. The van der Waals surface area contributed by atoms with Crippen molar-refractivity contribution in [2.24, 2.45) is 5.92 Å². The monoisotopic (exact) mass is 340 g/mol. The first kappa shape index (κ1) is 16.4. The molecular weight excluding hydrogens is 320 g/mol. The Hall–Kier alpha value is -2.47. The van der Waals surface area contributed by atoms with Gasteiger partial charge in [0.1, 0.15) is 11.5 Å². The second-order valence-electron chi connectivity index (χ2n) is 6.04. The van der Waals surface area contributed by atoms with Crippen LogP contribution in [0.5, 0.6) is 0 Å². The Labute approximate surface area is 145 Å². The maximum absolute atomic E-state index is 12.4. The molecule has 124 valence electrons. The van der Waals surface area contributed by atoms with Gasteiger partial charge < -0.3 is 5.32 Å². The molecule has 0 bridgehead atoms. The average molecular weight is 340 g/mol. The van der Waals surface area contributed by atoms with Gasteiger partial charge in [0, 0.05) is 17.9 Å². The first-order chi connectivity index (χ1) is 11.6. The summed E-state index contributed by atoms with van der Waals surface area (Å²) in [6, 6.07) is 11.8. The quantitative estimate of drug-likeness (QED) is 0.742. The number of anilines is 1. The third-order valence-electron chi connectivity index (χ3n) is 3.50. The highest BCUT2D eigenvalue weighted by molar-refractivity contribution is 7.09. The number of rotatable bonds is 6. The van der Waals surface area contributed by atoms with E-state index in [1.807, 2.05) is 35.7 Å². The van der Waals surface area contributed by atoms with Gasteiger partial charge in [-0.1, -0.05) is 44.2 Å². The van der Waals surface area contributed by atoms with Crippen LogP contribution >= 0.6 is 11.3 Å². The van der Waals surface area contributed by atoms with E-state index in [1.165, 1.54) is 11.3 Å². The zero-order chi connectivity index (χ0) is 16.9. The number of amides is 1. The Morgan fingerprint density at radius 3 is 2.79 bits per heavy atom. The van der Waals surface area contributed by atoms with Crippen LogP contribution in [0.3, 0.4) is 0 Å². The van der Waals surface area contributed by atoms with E-state index in [4.69, 9.17) is 0 Å². The number of nitrogens with one attached hydrogen (secondary N) is 1. The van der Waals surface area contributed by atoms with E-state index < -0.39 is 0 Å². The largest absolute Gasteiger partial charge is 0.305 e. The van der Waals surface area contributed by atoms with E-state index in [1.54, 1.807) is 16.9 Å². The van der Waals surface area contributed by atoms with Crippen LogP contribution in [0.1, 0.15) is 34.9 Å². The van der Waals surface area contributed by atoms with Crippen molar-refractivity contribution in [1.82, 2.24) is 14.8 Å². The van der Waals surface area contributed by atoms with Crippen molar-refractivity contribution in [2.45, 2.75) is 26.8 Å². The Morgan fingerprint density at radius 1 is 1.25 bits per heavy atom. The van der Waals surface area contributed by atoms with Gasteiger partial charge in [-0.25, -0.2) is 9.67 Å². The summed E-state index contributed by atoms with van der Waals surface area (Å²) in [5, 5.41) is 9.99. The third-order valence-corrected chi connectivity index (χ3v) is 4.37. The van der Waals surface area contributed by atoms with Crippen LogP contribution in [0.15, 0.2) is 48.0 Å². The van der Waals surface area contributed by atoms with Crippen molar-refractivity contribution in [1.29, 1.82) is 0 Å². The van der Waals surface area contributed by atoms with E-state index in [-0.39, 0.29) is 5.91 Å². The van der Waals surface area contributed by atoms with Crippen LogP contribution in [0.2, 0.25) is 0 Å². The molecule has 0 aliphatic heterocycles. The first-order valence-electron chi connectivity index (χ1n) is 7.93. The maximum Gasteiger partial charge on any atom is 0.276 e. The Morgan fingerprint density at radius 2 is 2.04 bits per heavy atom. The molecule has 0 aliphatic carbocycles. The molecule has 0 aliphatic rings. The van der Waals surface area contributed by atoms with Gasteiger partial charge in [-0.15, -0.1) is 11.3 Å². The molecule has 5 nitrogen and oxygen atoms in total. The highest BCUT2D eigenvalue weighted by atomic mass is 32.1. The van der Waals surface area contributed by atoms with Gasteiger partial charge >= 0.3 is 0 Å². The zero-order valence-electron chi connectivity index (χ0n) is 13.8. The Balaban J connectivity index is 1.69. The molecule has 3 rings (SSSR count). The van der Waals surface area contributed by atoms with Crippen molar-refractivity contribution >= 4 is 23.1 Å². The number of carbonyl (C=O) groups is 1. The first-order valence-corrected chi connectivity index (χ1v) is 8.81. The molecule has 1 amide bonds. The van der Waals surface area contributed by atoms with Crippen LogP contribution in [0.4, 0.5) is 5.82 Å². The lowest BCUT2D eigenvalue weighted by Crippen LogP contribution is -2.16. The highest BCUT2D eigenvalue weighted by Gasteiger charge is 2.14. The van der Waals surface area contributed by atoms with Gasteiger partial charge in [0.05, 0.1) is 17.7 Å². The molecule has 3 aromatic rings. The van der Waals surface area contributed by atoms with Crippen molar-refractivity contribution in [3.05, 3.63) is 64.2 Å². The molecule has 0 atom stereocenters. The van der Waals surface area contributed by atoms with Crippen molar-refractivity contribution < 1.29 is 4.79 Å². The van der Waals surface area contributed by atoms with Gasteiger partial charge in [0.2, 0.25) is 0 Å². The molecule has 0 saturated carbocycles. The number of carbonyl (C=O) groups excluding carboxylic acids is 1. The van der Waals surface area contributed by atoms with Gasteiger partial charge in [-0.05, 0) is 11.5 Å². The van der Waals surface area contributed by atoms with Crippen LogP contribution in [0, 0.1) is 5.92 Å². The lowest BCUT2D eigenvalue weighted by Gasteiger charge is -2.08. The molecule has 1 aromatic carbocycles. The van der Waals surface area contributed by atoms with Gasteiger partial charge in [-0.2, -0.15) is 5.10 Å². The van der Waals surface area contributed by atoms with Crippen molar-refractivity contribution in [3.8, 4) is 0 Å². The predicted molar refractivity (Wildman–Crippen MR) is 96.4 cm³/mol.